The Morgan fingerprint density at radius 1 is 1.15 bits per heavy atom. The second-order valence-electron chi connectivity index (χ2n) is 4.87. The van der Waals surface area contributed by atoms with Gasteiger partial charge >= 0.3 is 0 Å². The van der Waals surface area contributed by atoms with Gasteiger partial charge in [0.2, 0.25) is 0 Å². The highest BCUT2D eigenvalue weighted by Crippen LogP contribution is 2.32. The molecule has 0 heterocycles. The van der Waals surface area contributed by atoms with Crippen LogP contribution in [0.3, 0.4) is 0 Å². The van der Waals surface area contributed by atoms with Crippen LogP contribution in [0.2, 0.25) is 0 Å². The molecule has 0 amide bonds. The second-order valence-corrected chi connectivity index (χ2v) is 7.11. The number of rotatable bonds is 4. The van der Waals surface area contributed by atoms with Crippen molar-refractivity contribution in [1.29, 1.82) is 0 Å². The van der Waals surface area contributed by atoms with E-state index in [0.717, 1.165) is 26.1 Å². The van der Waals surface area contributed by atoms with Crippen LogP contribution in [-0.2, 0) is 0 Å². The summed E-state index contributed by atoms with van der Waals surface area (Å²) in [5.41, 5.74) is 2.99. The van der Waals surface area contributed by atoms with Gasteiger partial charge in [-0.25, -0.2) is 0 Å². The Morgan fingerprint density at radius 3 is 2.55 bits per heavy atom. The molecule has 1 unspecified atom stereocenters. The fourth-order valence-corrected chi connectivity index (χ4v) is 3.52. The van der Waals surface area contributed by atoms with Crippen molar-refractivity contribution in [3.8, 4) is 0 Å². The fraction of sp³-hybridized carbons (Fsp3) is 0.235. The lowest BCUT2D eigenvalue weighted by Crippen LogP contribution is -2.15. The number of carbonyl (C=O) groups excluding carboxylic acids is 1. The van der Waals surface area contributed by atoms with Gasteiger partial charge in [0.05, 0.1) is 5.25 Å². The normalized spacial score (nSPS) is 12.2. The third kappa shape index (κ3) is 3.53. The van der Waals surface area contributed by atoms with Gasteiger partial charge in [-0.1, -0.05) is 29.8 Å². The Hall–Kier alpha value is -1.06. The second kappa shape index (κ2) is 6.59. The van der Waals surface area contributed by atoms with Crippen LogP contribution in [0.4, 0.5) is 0 Å². The number of carbonyl (C=O) groups is 1. The van der Waals surface area contributed by atoms with Gasteiger partial charge in [-0.05, 0) is 60.5 Å². The molecule has 0 radical (unpaired) electrons. The van der Waals surface area contributed by atoms with Gasteiger partial charge in [0.15, 0.2) is 5.78 Å². The lowest BCUT2D eigenvalue weighted by atomic mass is 10.0. The van der Waals surface area contributed by atoms with Gasteiger partial charge < -0.3 is 0 Å². The largest absolute Gasteiger partial charge is 0.293 e. The predicted molar refractivity (Wildman–Crippen MR) is 89.7 cm³/mol. The van der Waals surface area contributed by atoms with Crippen molar-refractivity contribution in [3.05, 3.63) is 63.6 Å². The summed E-state index contributed by atoms with van der Waals surface area (Å²) in [4.78, 5) is 13.7. The van der Waals surface area contributed by atoms with E-state index in [2.05, 4.69) is 15.9 Å². The van der Waals surface area contributed by atoms with Gasteiger partial charge in [-0.15, -0.1) is 11.8 Å². The fourth-order valence-electron chi connectivity index (χ4n) is 2.00. The monoisotopic (exact) mass is 348 g/mol. The van der Waals surface area contributed by atoms with Crippen LogP contribution in [-0.4, -0.2) is 11.0 Å². The molecule has 0 saturated heterocycles. The Morgan fingerprint density at radius 2 is 1.85 bits per heavy atom. The maximum absolute atomic E-state index is 12.6. The van der Waals surface area contributed by atoms with Crippen molar-refractivity contribution in [2.24, 2.45) is 0 Å². The van der Waals surface area contributed by atoms with Crippen molar-refractivity contribution in [3.63, 3.8) is 0 Å². The summed E-state index contributed by atoms with van der Waals surface area (Å²) in [6.07, 6.45) is 0. The van der Waals surface area contributed by atoms with E-state index in [9.17, 15) is 4.79 Å². The van der Waals surface area contributed by atoms with Crippen LogP contribution in [0.15, 0.2) is 51.8 Å². The summed E-state index contributed by atoms with van der Waals surface area (Å²) in [7, 11) is 0. The predicted octanol–water partition coefficient (Wildman–Crippen LogP) is 5.43. The average Bonchev–Trinajstić information content (AvgIpc) is 2.43. The zero-order chi connectivity index (χ0) is 14.7. The summed E-state index contributed by atoms with van der Waals surface area (Å²) in [6.45, 7) is 5.97. The van der Waals surface area contributed by atoms with Crippen LogP contribution in [0.1, 0.15) is 28.4 Å². The van der Waals surface area contributed by atoms with Crippen molar-refractivity contribution >= 4 is 33.5 Å². The maximum Gasteiger partial charge on any atom is 0.176 e. The van der Waals surface area contributed by atoms with Gasteiger partial charge in [-0.3, -0.25) is 4.79 Å². The smallest absolute Gasteiger partial charge is 0.176 e. The van der Waals surface area contributed by atoms with Crippen LogP contribution < -0.4 is 0 Å². The molecule has 0 N–H and O–H groups in total. The van der Waals surface area contributed by atoms with E-state index < -0.39 is 0 Å². The van der Waals surface area contributed by atoms with Crippen molar-refractivity contribution in [2.75, 3.05) is 0 Å². The summed E-state index contributed by atoms with van der Waals surface area (Å²) >= 11 is 5.12. The van der Waals surface area contributed by atoms with E-state index in [4.69, 9.17) is 0 Å². The lowest BCUT2D eigenvalue weighted by Gasteiger charge is -2.13. The highest BCUT2D eigenvalue weighted by molar-refractivity contribution is 9.10. The molecule has 3 heteroatoms. The van der Waals surface area contributed by atoms with Crippen LogP contribution in [0, 0.1) is 13.8 Å². The van der Waals surface area contributed by atoms with E-state index in [1.54, 1.807) is 11.8 Å². The quantitative estimate of drug-likeness (QED) is 0.541. The SMILES string of the molecule is Cc1ccc(C)c(C(=O)C(C)Sc2ccccc2Br)c1. The number of aryl methyl sites for hydroxylation is 2. The minimum atomic E-state index is -0.103. The Kier molecular flexibility index (Phi) is 5.06. The van der Waals surface area contributed by atoms with Gasteiger partial charge in [0.1, 0.15) is 0 Å². The highest BCUT2D eigenvalue weighted by Gasteiger charge is 2.19. The Bertz CT molecular complexity index is 637. The molecule has 0 bridgehead atoms. The first-order valence-corrected chi connectivity index (χ1v) is 8.19. The summed E-state index contributed by atoms with van der Waals surface area (Å²) < 4.78 is 1.03. The van der Waals surface area contributed by atoms with Crippen LogP contribution in [0.5, 0.6) is 0 Å². The molecule has 2 rings (SSSR count). The van der Waals surface area contributed by atoms with Crippen molar-refractivity contribution in [2.45, 2.75) is 30.9 Å². The molecular weight excluding hydrogens is 332 g/mol. The minimum absolute atomic E-state index is 0.103. The standard InChI is InChI=1S/C17H17BrOS/c1-11-8-9-12(2)14(10-11)17(19)13(3)20-16-7-5-4-6-15(16)18/h4-10,13H,1-3H3. The number of thioether (sulfide) groups is 1. The molecule has 0 fully saturated rings. The summed E-state index contributed by atoms with van der Waals surface area (Å²) in [5.74, 6) is 0.187. The molecular formula is C17H17BrOS. The first-order chi connectivity index (χ1) is 9.49. The lowest BCUT2D eigenvalue weighted by molar-refractivity contribution is 0.0993. The van der Waals surface area contributed by atoms with E-state index in [0.29, 0.717) is 0 Å². The molecule has 0 saturated carbocycles. The van der Waals surface area contributed by atoms with Crippen LogP contribution >= 0.6 is 27.7 Å². The zero-order valence-electron chi connectivity index (χ0n) is 11.8. The molecule has 20 heavy (non-hydrogen) atoms. The average molecular weight is 349 g/mol. The number of halogens is 1. The molecule has 0 aromatic heterocycles. The minimum Gasteiger partial charge on any atom is -0.293 e. The molecule has 0 aliphatic rings. The third-order valence-electron chi connectivity index (χ3n) is 3.17. The number of hydrogen-bond donors (Lipinski definition) is 0. The zero-order valence-corrected chi connectivity index (χ0v) is 14.2. The van der Waals surface area contributed by atoms with E-state index in [1.165, 1.54) is 0 Å². The van der Waals surface area contributed by atoms with Crippen molar-refractivity contribution in [1.82, 2.24) is 0 Å². The third-order valence-corrected chi connectivity index (χ3v) is 5.30. The molecule has 0 aliphatic heterocycles. The number of Topliss-reactive ketones (excluding diaryl/α,β-unsaturated/α-hetero) is 1. The summed E-state index contributed by atoms with van der Waals surface area (Å²) in [5, 5.41) is -0.103. The maximum atomic E-state index is 12.6. The van der Waals surface area contributed by atoms with Crippen molar-refractivity contribution < 1.29 is 4.79 Å². The highest BCUT2D eigenvalue weighted by atomic mass is 79.9. The number of benzene rings is 2. The number of ketones is 1. The molecule has 2 aromatic carbocycles. The van der Waals surface area contributed by atoms with E-state index in [1.807, 2.05) is 63.2 Å². The first kappa shape index (κ1) is 15.3. The van der Waals surface area contributed by atoms with Gasteiger partial charge in [-0.2, -0.15) is 0 Å². The van der Waals surface area contributed by atoms with Crippen LogP contribution in [0.25, 0.3) is 0 Å². The molecule has 0 spiro atoms. The van der Waals surface area contributed by atoms with Gasteiger partial charge in [0.25, 0.3) is 0 Å². The van der Waals surface area contributed by atoms with E-state index in [-0.39, 0.29) is 11.0 Å². The molecule has 1 nitrogen and oxygen atoms in total. The molecule has 1 atom stereocenters. The van der Waals surface area contributed by atoms with E-state index >= 15 is 0 Å². The number of hydrogen-bond acceptors (Lipinski definition) is 2. The van der Waals surface area contributed by atoms with Gasteiger partial charge in [0, 0.05) is 14.9 Å². The Balaban J connectivity index is 2.21. The molecule has 2 aromatic rings. The topological polar surface area (TPSA) is 17.1 Å². The summed E-state index contributed by atoms with van der Waals surface area (Å²) in [6, 6.07) is 14.0. The molecule has 104 valence electrons. The molecule has 0 aliphatic carbocycles. The first-order valence-electron chi connectivity index (χ1n) is 6.51. The Labute approximate surface area is 132 Å².